The van der Waals surface area contributed by atoms with E-state index >= 15 is 0 Å². The zero-order valence-electron chi connectivity index (χ0n) is 11.4. The number of nitrogens with zero attached hydrogens (tertiary/aromatic N) is 1. The second-order valence-electron chi connectivity index (χ2n) is 4.56. The number of rotatable bonds is 3. The van der Waals surface area contributed by atoms with E-state index in [-0.39, 0.29) is 0 Å². The van der Waals surface area contributed by atoms with Crippen LogP contribution in [0.4, 0.5) is 10.8 Å². The number of nitrogens with one attached hydrogen (secondary N) is 1. The molecule has 0 unspecified atom stereocenters. The van der Waals surface area contributed by atoms with Gasteiger partial charge in [0.05, 0.1) is 23.0 Å². The molecule has 2 aromatic carbocycles. The van der Waals surface area contributed by atoms with Gasteiger partial charge in [-0.2, -0.15) is 0 Å². The number of aromatic nitrogens is 1. The van der Waals surface area contributed by atoms with E-state index < -0.39 is 0 Å². The van der Waals surface area contributed by atoms with Crippen LogP contribution in [0.15, 0.2) is 30.3 Å². The number of thiazole rings is 1. The molecule has 108 valence electrons. The van der Waals surface area contributed by atoms with Gasteiger partial charge in [-0.1, -0.05) is 34.5 Å². The number of halogens is 2. The number of ether oxygens (including phenoxy) is 1. The van der Waals surface area contributed by atoms with E-state index in [1.54, 1.807) is 24.5 Å². The molecule has 0 aliphatic rings. The van der Waals surface area contributed by atoms with Gasteiger partial charge in [-0.05, 0) is 36.8 Å². The van der Waals surface area contributed by atoms with Gasteiger partial charge in [-0.3, -0.25) is 0 Å². The first-order valence-electron chi connectivity index (χ1n) is 6.24. The fourth-order valence-electron chi connectivity index (χ4n) is 2.00. The van der Waals surface area contributed by atoms with Crippen LogP contribution in [0.5, 0.6) is 5.75 Å². The van der Waals surface area contributed by atoms with Gasteiger partial charge in [0.2, 0.25) is 0 Å². The van der Waals surface area contributed by atoms with Crippen molar-refractivity contribution in [3.05, 3.63) is 45.9 Å². The summed E-state index contributed by atoms with van der Waals surface area (Å²) in [6, 6.07) is 9.41. The maximum absolute atomic E-state index is 6.11. The molecule has 0 aliphatic heterocycles. The number of anilines is 2. The van der Waals surface area contributed by atoms with Gasteiger partial charge in [0.25, 0.3) is 0 Å². The fraction of sp³-hybridized carbons (Fsp3) is 0.133. The third-order valence-corrected chi connectivity index (χ3v) is 4.67. The molecule has 3 rings (SSSR count). The average molecular weight is 339 g/mol. The topological polar surface area (TPSA) is 34.1 Å². The predicted molar refractivity (Wildman–Crippen MR) is 90.7 cm³/mol. The number of hydrogen-bond acceptors (Lipinski definition) is 4. The van der Waals surface area contributed by atoms with Crippen LogP contribution in [0.25, 0.3) is 10.2 Å². The number of fused-ring (bicyclic) bond motifs is 1. The van der Waals surface area contributed by atoms with Crippen molar-refractivity contribution in [2.75, 3.05) is 12.4 Å². The van der Waals surface area contributed by atoms with Crippen molar-refractivity contribution in [3.8, 4) is 5.75 Å². The standard InChI is InChI=1S/C15H12Cl2N2OS/c1-8-5-11(13(20-2)7-10(8)17)18-15-19-12-6-9(16)3-4-14(12)21-15/h3-7H,1-2H3,(H,18,19). The SMILES string of the molecule is COc1cc(Cl)c(C)cc1Nc1nc2cc(Cl)ccc2s1. The molecule has 1 aromatic heterocycles. The summed E-state index contributed by atoms with van der Waals surface area (Å²) in [6.45, 7) is 1.95. The van der Waals surface area contributed by atoms with E-state index in [1.807, 2.05) is 31.2 Å². The molecular weight excluding hydrogens is 327 g/mol. The van der Waals surface area contributed by atoms with Crippen molar-refractivity contribution < 1.29 is 4.74 Å². The largest absolute Gasteiger partial charge is 0.495 e. The normalized spacial score (nSPS) is 10.9. The summed E-state index contributed by atoms with van der Waals surface area (Å²) in [5, 5.41) is 5.42. The molecule has 0 radical (unpaired) electrons. The summed E-state index contributed by atoms with van der Waals surface area (Å²) in [5.74, 6) is 0.683. The Morgan fingerprint density at radius 3 is 2.76 bits per heavy atom. The third-order valence-electron chi connectivity index (χ3n) is 3.07. The molecule has 0 saturated carbocycles. The summed E-state index contributed by atoms with van der Waals surface area (Å²) in [7, 11) is 1.62. The molecule has 3 nitrogen and oxygen atoms in total. The zero-order chi connectivity index (χ0) is 15.0. The van der Waals surface area contributed by atoms with Crippen molar-refractivity contribution in [2.45, 2.75) is 6.92 Å². The highest BCUT2D eigenvalue weighted by atomic mass is 35.5. The maximum Gasteiger partial charge on any atom is 0.188 e. The minimum atomic E-state index is 0.675. The van der Waals surface area contributed by atoms with Gasteiger partial charge in [-0.15, -0.1) is 0 Å². The number of hydrogen-bond donors (Lipinski definition) is 1. The Morgan fingerprint density at radius 1 is 1.19 bits per heavy atom. The molecule has 0 bridgehead atoms. The first-order chi connectivity index (χ1) is 10.1. The van der Waals surface area contributed by atoms with Gasteiger partial charge in [0, 0.05) is 16.1 Å². The smallest absolute Gasteiger partial charge is 0.188 e. The van der Waals surface area contributed by atoms with Crippen LogP contribution in [-0.2, 0) is 0 Å². The van der Waals surface area contributed by atoms with Crippen molar-refractivity contribution >= 4 is 55.6 Å². The molecule has 3 aromatic rings. The van der Waals surface area contributed by atoms with Gasteiger partial charge in [-0.25, -0.2) is 4.98 Å². The lowest BCUT2D eigenvalue weighted by Crippen LogP contribution is -1.95. The molecule has 1 N–H and O–H groups in total. The van der Waals surface area contributed by atoms with E-state index in [0.29, 0.717) is 15.8 Å². The lowest BCUT2D eigenvalue weighted by atomic mass is 10.2. The number of aryl methyl sites for hydroxylation is 1. The molecule has 6 heteroatoms. The highest BCUT2D eigenvalue weighted by molar-refractivity contribution is 7.22. The van der Waals surface area contributed by atoms with Crippen LogP contribution in [0.2, 0.25) is 10.0 Å². The molecule has 1 heterocycles. The highest BCUT2D eigenvalue weighted by Gasteiger charge is 2.10. The Morgan fingerprint density at radius 2 is 2.00 bits per heavy atom. The van der Waals surface area contributed by atoms with E-state index in [0.717, 1.165) is 26.6 Å². The second-order valence-corrected chi connectivity index (χ2v) is 6.43. The second kappa shape index (κ2) is 5.72. The van der Waals surface area contributed by atoms with Crippen LogP contribution < -0.4 is 10.1 Å². The van der Waals surface area contributed by atoms with E-state index in [9.17, 15) is 0 Å². The van der Waals surface area contributed by atoms with Crippen LogP contribution in [0.1, 0.15) is 5.56 Å². The van der Waals surface area contributed by atoms with Gasteiger partial charge >= 0.3 is 0 Å². The van der Waals surface area contributed by atoms with Crippen LogP contribution in [0, 0.1) is 6.92 Å². The lowest BCUT2D eigenvalue weighted by molar-refractivity contribution is 0.417. The Balaban J connectivity index is 2.00. The molecule has 0 saturated heterocycles. The monoisotopic (exact) mass is 338 g/mol. The van der Waals surface area contributed by atoms with Gasteiger partial charge in [0.1, 0.15) is 5.75 Å². The molecule has 21 heavy (non-hydrogen) atoms. The summed E-state index contributed by atoms with van der Waals surface area (Å²) >= 11 is 13.7. The molecular formula is C15H12Cl2N2OS. The fourth-order valence-corrected chi connectivity index (χ4v) is 3.18. The van der Waals surface area contributed by atoms with Crippen molar-refractivity contribution in [1.82, 2.24) is 4.98 Å². The summed E-state index contributed by atoms with van der Waals surface area (Å²) in [5.41, 5.74) is 2.69. The first kappa shape index (κ1) is 14.4. The predicted octanol–water partition coefficient (Wildman–Crippen LogP) is 5.66. The quantitative estimate of drug-likeness (QED) is 0.668. The van der Waals surface area contributed by atoms with Gasteiger partial charge in [0.15, 0.2) is 5.13 Å². The minimum Gasteiger partial charge on any atom is -0.495 e. The number of methoxy groups -OCH3 is 1. The molecule has 0 spiro atoms. The van der Waals surface area contributed by atoms with Crippen LogP contribution in [-0.4, -0.2) is 12.1 Å². The van der Waals surface area contributed by atoms with Crippen LogP contribution in [0.3, 0.4) is 0 Å². The summed E-state index contributed by atoms with van der Waals surface area (Å²) in [6.07, 6.45) is 0. The molecule has 0 fully saturated rings. The van der Waals surface area contributed by atoms with Crippen molar-refractivity contribution in [2.24, 2.45) is 0 Å². The third kappa shape index (κ3) is 2.93. The number of benzene rings is 2. The zero-order valence-corrected chi connectivity index (χ0v) is 13.7. The van der Waals surface area contributed by atoms with Crippen LogP contribution >= 0.6 is 34.5 Å². The van der Waals surface area contributed by atoms with Crippen molar-refractivity contribution in [1.29, 1.82) is 0 Å². The molecule has 0 atom stereocenters. The molecule has 0 aliphatic carbocycles. The van der Waals surface area contributed by atoms with E-state index in [4.69, 9.17) is 27.9 Å². The molecule has 0 amide bonds. The van der Waals surface area contributed by atoms with Crippen molar-refractivity contribution in [3.63, 3.8) is 0 Å². The first-order valence-corrected chi connectivity index (χ1v) is 7.81. The Kier molecular flexibility index (Phi) is 3.93. The Hall–Kier alpha value is -1.49. The Bertz CT molecular complexity index is 817. The highest BCUT2D eigenvalue weighted by Crippen LogP contribution is 2.35. The summed E-state index contributed by atoms with van der Waals surface area (Å²) in [4.78, 5) is 4.53. The maximum atomic E-state index is 6.11. The van der Waals surface area contributed by atoms with E-state index in [2.05, 4.69) is 10.3 Å². The lowest BCUT2D eigenvalue weighted by Gasteiger charge is -2.11. The minimum absolute atomic E-state index is 0.675. The average Bonchev–Trinajstić information content (AvgIpc) is 2.84. The van der Waals surface area contributed by atoms with Gasteiger partial charge < -0.3 is 10.1 Å². The van der Waals surface area contributed by atoms with E-state index in [1.165, 1.54) is 0 Å². The summed E-state index contributed by atoms with van der Waals surface area (Å²) < 4.78 is 6.43. The Labute approximate surface area is 136 Å².